The van der Waals surface area contributed by atoms with E-state index in [1.165, 1.54) is 51.2 Å². The van der Waals surface area contributed by atoms with E-state index in [1.54, 1.807) is 6.92 Å². The average Bonchev–Trinajstić information content (AvgIpc) is 2.54. The van der Waals surface area contributed by atoms with Crippen molar-refractivity contribution in [3.63, 3.8) is 0 Å². The van der Waals surface area contributed by atoms with Crippen molar-refractivity contribution < 1.29 is 23.5 Å². The Morgan fingerprint density at radius 3 is 2.16 bits per heavy atom. The Morgan fingerprint density at radius 1 is 1.04 bits per heavy atom. The fourth-order valence-corrected chi connectivity index (χ4v) is 2.39. The Bertz CT molecular complexity index is 847. The summed E-state index contributed by atoms with van der Waals surface area (Å²) in [7, 11) is 1.35. The zero-order valence-electron chi connectivity index (χ0n) is 14.4. The van der Waals surface area contributed by atoms with Gasteiger partial charge in [0.2, 0.25) is 0 Å². The van der Waals surface area contributed by atoms with Crippen molar-refractivity contribution in [2.75, 3.05) is 7.05 Å². The molecule has 0 aromatic heterocycles. The molecule has 6 heteroatoms. The third-order valence-electron chi connectivity index (χ3n) is 4.36. The van der Waals surface area contributed by atoms with E-state index in [4.69, 9.17) is 0 Å². The minimum Gasteiger partial charge on any atom is -0.480 e. The van der Waals surface area contributed by atoms with Crippen LogP contribution in [-0.4, -0.2) is 34.5 Å². The Balaban J connectivity index is 2.39. The number of aliphatic carboxylic acids is 1. The number of nitrogens with zero attached hydrogens (tertiary/aromatic N) is 1. The van der Waals surface area contributed by atoms with Crippen molar-refractivity contribution in [3.8, 4) is 11.1 Å². The summed E-state index contributed by atoms with van der Waals surface area (Å²) < 4.78 is 27.7. The van der Waals surface area contributed by atoms with Gasteiger partial charge in [0.15, 0.2) is 0 Å². The second-order valence-electron chi connectivity index (χ2n) is 6.38. The maximum absolute atomic E-state index is 14.5. The van der Waals surface area contributed by atoms with Gasteiger partial charge < -0.3 is 10.0 Å². The number of rotatable bonds is 4. The first-order valence-electron chi connectivity index (χ1n) is 7.63. The first-order chi connectivity index (χ1) is 11.6. The average molecular weight is 347 g/mol. The van der Waals surface area contributed by atoms with Crippen LogP contribution in [0.4, 0.5) is 8.78 Å². The number of carboxylic acids is 1. The Hall–Kier alpha value is -2.76. The van der Waals surface area contributed by atoms with Crippen LogP contribution in [0.2, 0.25) is 0 Å². The van der Waals surface area contributed by atoms with Crippen LogP contribution in [0, 0.1) is 18.6 Å². The second kappa shape index (κ2) is 6.63. The molecule has 0 atom stereocenters. The fourth-order valence-electron chi connectivity index (χ4n) is 2.39. The van der Waals surface area contributed by atoms with Crippen LogP contribution < -0.4 is 0 Å². The molecule has 0 saturated heterocycles. The highest BCUT2D eigenvalue weighted by Crippen LogP contribution is 2.28. The van der Waals surface area contributed by atoms with Gasteiger partial charge in [0, 0.05) is 18.2 Å². The number of carbonyl (C=O) groups is 2. The van der Waals surface area contributed by atoms with E-state index in [9.17, 15) is 23.5 Å². The molecule has 1 N–H and O–H groups in total. The van der Waals surface area contributed by atoms with Crippen LogP contribution in [0.1, 0.15) is 29.8 Å². The van der Waals surface area contributed by atoms with Gasteiger partial charge in [-0.1, -0.05) is 12.1 Å². The van der Waals surface area contributed by atoms with E-state index >= 15 is 0 Å². The van der Waals surface area contributed by atoms with Gasteiger partial charge in [-0.3, -0.25) is 4.79 Å². The van der Waals surface area contributed by atoms with E-state index in [-0.39, 0.29) is 11.1 Å². The standard InChI is InChI=1S/C19H19F2NO3/c1-11-9-13(20)6-8-14(11)15-7-5-12(10-16(15)21)17(23)22(4)19(2,3)18(24)25/h5-10H,1-4H3,(H,24,25). The molecule has 0 fully saturated rings. The molecule has 2 rings (SSSR count). The summed E-state index contributed by atoms with van der Waals surface area (Å²) in [6, 6.07) is 7.95. The van der Waals surface area contributed by atoms with Crippen LogP contribution in [0.15, 0.2) is 36.4 Å². The van der Waals surface area contributed by atoms with Crippen LogP contribution in [0.3, 0.4) is 0 Å². The molecule has 4 nitrogen and oxygen atoms in total. The molecule has 0 aliphatic carbocycles. The van der Waals surface area contributed by atoms with E-state index in [0.29, 0.717) is 11.1 Å². The summed E-state index contributed by atoms with van der Waals surface area (Å²) in [6.45, 7) is 4.44. The topological polar surface area (TPSA) is 57.6 Å². The summed E-state index contributed by atoms with van der Waals surface area (Å²) in [4.78, 5) is 24.8. The van der Waals surface area contributed by atoms with Crippen molar-refractivity contribution in [1.29, 1.82) is 0 Å². The molecule has 0 heterocycles. The van der Waals surface area contributed by atoms with Crippen LogP contribution in [0.5, 0.6) is 0 Å². The van der Waals surface area contributed by atoms with Crippen LogP contribution in [-0.2, 0) is 4.79 Å². The molecule has 0 saturated carbocycles. The van der Waals surface area contributed by atoms with Gasteiger partial charge in [0.25, 0.3) is 5.91 Å². The fraction of sp³-hybridized carbons (Fsp3) is 0.263. The highest BCUT2D eigenvalue weighted by atomic mass is 19.1. The van der Waals surface area contributed by atoms with Gasteiger partial charge in [-0.15, -0.1) is 0 Å². The lowest BCUT2D eigenvalue weighted by Gasteiger charge is -2.31. The summed E-state index contributed by atoms with van der Waals surface area (Å²) >= 11 is 0. The van der Waals surface area contributed by atoms with Gasteiger partial charge in [0.05, 0.1) is 0 Å². The monoisotopic (exact) mass is 347 g/mol. The van der Waals surface area contributed by atoms with Crippen molar-refractivity contribution in [2.45, 2.75) is 26.3 Å². The largest absolute Gasteiger partial charge is 0.480 e. The number of likely N-dealkylation sites (N-methyl/N-ethyl adjacent to an activating group) is 1. The highest BCUT2D eigenvalue weighted by Gasteiger charge is 2.35. The molecule has 0 aliphatic rings. The third-order valence-corrected chi connectivity index (χ3v) is 4.36. The third kappa shape index (κ3) is 3.52. The molecule has 0 aliphatic heterocycles. The zero-order chi connectivity index (χ0) is 18.9. The first kappa shape index (κ1) is 18.6. The van der Waals surface area contributed by atoms with Gasteiger partial charge in [-0.05, 0) is 56.2 Å². The number of aryl methyl sites for hydroxylation is 1. The highest BCUT2D eigenvalue weighted by molar-refractivity contribution is 5.98. The van der Waals surface area contributed by atoms with E-state index in [1.807, 2.05) is 0 Å². The van der Waals surface area contributed by atoms with Crippen LogP contribution >= 0.6 is 0 Å². The lowest BCUT2D eigenvalue weighted by molar-refractivity contribution is -0.147. The Morgan fingerprint density at radius 2 is 1.64 bits per heavy atom. The molecule has 2 aromatic carbocycles. The maximum atomic E-state index is 14.5. The number of amides is 1. The Kier molecular flexibility index (Phi) is 4.92. The van der Waals surface area contributed by atoms with E-state index in [2.05, 4.69) is 0 Å². The van der Waals surface area contributed by atoms with Crippen molar-refractivity contribution in [3.05, 3.63) is 59.2 Å². The quantitative estimate of drug-likeness (QED) is 0.913. The molecule has 0 bridgehead atoms. The maximum Gasteiger partial charge on any atom is 0.329 e. The normalized spacial score (nSPS) is 11.3. The molecule has 132 valence electrons. The van der Waals surface area contributed by atoms with Crippen LogP contribution in [0.25, 0.3) is 11.1 Å². The minimum atomic E-state index is -1.43. The van der Waals surface area contributed by atoms with Gasteiger partial charge in [-0.25, -0.2) is 13.6 Å². The summed E-state index contributed by atoms with van der Waals surface area (Å²) in [5.41, 5.74) is -0.0500. The lowest BCUT2D eigenvalue weighted by Crippen LogP contribution is -2.50. The molecule has 0 radical (unpaired) electrons. The number of hydrogen-bond donors (Lipinski definition) is 1. The van der Waals surface area contributed by atoms with E-state index in [0.717, 1.165) is 11.0 Å². The number of benzene rings is 2. The predicted octanol–water partition coefficient (Wildman–Crippen LogP) is 3.88. The first-order valence-corrected chi connectivity index (χ1v) is 7.63. The van der Waals surface area contributed by atoms with Gasteiger partial charge >= 0.3 is 5.97 Å². The summed E-state index contributed by atoms with van der Waals surface area (Å²) in [5.74, 6) is -2.82. The van der Waals surface area contributed by atoms with Gasteiger partial charge in [-0.2, -0.15) is 0 Å². The van der Waals surface area contributed by atoms with Gasteiger partial charge in [0.1, 0.15) is 17.2 Å². The second-order valence-corrected chi connectivity index (χ2v) is 6.38. The molecule has 0 unspecified atom stereocenters. The van der Waals surface area contributed by atoms with Crippen molar-refractivity contribution in [2.24, 2.45) is 0 Å². The van der Waals surface area contributed by atoms with Crippen molar-refractivity contribution in [1.82, 2.24) is 4.90 Å². The molecule has 2 aromatic rings. The smallest absolute Gasteiger partial charge is 0.329 e. The summed E-state index contributed by atoms with van der Waals surface area (Å²) in [5, 5.41) is 9.21. The lowest BCUT2D eigenvalue weighted by atomic mass is 9.97. The number of halogens is 2. The molecule has 25 heavy (non-hydrogen) atoms. The van der Waals surface area contributed by atoms with E-state index < -0.39 is 29.0 Å². The molecular formula is C19H19F2NO3. The number of carbonyl (C=O) groups excluding carboxylic acids is 1. The molecule has 0 spiro atoms. The molecular weight excluding hydrogens is 328 g/mol. The predicted molar refractivity (Wildman–Crippen MR) is 90.3 cm³/mol. The number of hydrogen-bond acceptors (Lipinski definition) is 2. The number of carboxylic acid groups (broad SMARTS) is 1. The van der Waals surface area contributed by atoms with Crippen molar-refractivity contribution >= 4 is 11.9 Å². The minimum absolute atomic E-state index is 0.0397. The Labute approximate surface area is 144 Å². The molecule has 1 amide bonds. The zero-order valence-corrected chi connectivity index (χ0v) is 14.4. The SMILES string of the molecule is Cc1cc(F)ccc1-c1ccc(C(=O)N(C)C(C)(C)C(=O)O)cc1F. The summed E-state index contributed by atoms with van der Waals surface area (Å²) in [6.07, 6.45) is 0.